The lowest BCUT2D eigenvalue weighted by Crippen LogP contribution is -2.46. The Balaban J connectivity index is 1.30. The highest BCUT2D eigenvalue weighted by molar-refractivity contribution is 6.33. The quantitative estimate of drug-likeness (QED) is 0.234. The zero-order valence-corrected chi connectivity index (χ0v) is 28.5. The second-order valence-corrected chi connectivity index (χ2v) is 13.1. The molecular weight excluding hydrogens is 710 g/mol. The number of fused-ring (bicyclic) bond motifs is 3. The van der Waals surface area contributed by atoms with Crippen LogP contribution in [0.15, 0.2) is 47.7 Å². The number of alkyl halides is 3. The Morgan fingerprint density at radius 3 is 2.48 bits per heavy atom. The van der Waals surface area contributed by atoms with Crippen molar-refractivity contribution in [1.82, 2.24) is 39.0 Å². The second-order valence-electron chi connectivity index (χ2n) is 12.7. The van der Waals surface area contributed by atoms with Crippen LogP contribution in [0.5, 0.6) is 5.75 Å². The first kappa shape index (κ1) is 34.7. The summed E-state index contributed by atoms with van der Waals surface area (Å²) in [4.78, 5) is 59.2. The van der Waals surface area contributed by atoms with E-state index in [1.165, 1.54) is 35.0 Å². The number of anilines is 1. The Bertz CT molecular complexity index is 2420. The molecule has 0 unspecified atom stereocenters. The molecule has 13 nitrogen and oxygen atoms in total. The van der Waals surface area contributed by atoms with Gasteiger partial charge in [0.1, 0.15) is 12.9 Å². The summed E-state index contributed by atoms with van der Waals surface area (Å²) < 4.78 is 57.4. The SMILES string of the molecule is CC1=CC2(CCN(C(=O)c3ncnc(C)c3O)CC2)c2c1n(CC(=O)Nc1ccc(C(F)(F)F)cc1Cl)c1nc(-c3ccnc(C)c3F)nn1c2=O. The molecule has 0 radical (unpaired) electrons. The van der Waals surface area contributed by atoms with E-state index < -0.39 is 46.9 Å². The predicted molar refractivity (Wildman–Crippen MR) is 179 cm³/mol. The molecule has 1 spiro atoms. The average Bonchev–Trinajstić information content (AvgIpc) is 3.66. The van der Waals surface area contributed by atoms with Gasteiger partial charge in [0.05, 0.1) is 44.5 Å². The van der Waals surface area contributed by atoms with Crippen LogP contribution in [0.4, 0.5) is 23.2 Å². The number of carbonyl (C=O) groups is 2. The molecule has 1 aliphatic heterocycles. The van der Waals surface area contributed by atoms with Crippen LogP contribution in [0.2, 0.25) is 5.02 Å². The van der Waals surface area contributed by atoms with Crippen molar-refractivity contribution in [2.45, 2.75) is 51.7 Å². The lowest BCUT2D eigenvalue weighted by atomic mass is 9.75. The van der Waals surface area contributed by atoms with E-state index in [9.17, 15) is 32.7 Å². The van der Waals surface area contributed by atoms with Crippen molar-refractivity contribution in [2.24, 2.45) is 0 Å². The van der Waals surface area contributed by atoms with E-state index in [2.05, 4.69) is 30.4 Å². The number of allylic oxidation sites excluding steroid dienone is 2. The number of benzene rings is 1. The summed E-state index contributed by atoms with van der Waals surface area (Å²) in [5.41, 5.74) is -1.12. The smallest absolute Gasteiger partial charge is 0.416 e. The monoisotopic (exact) mass is 737 g/mol. The number of rotatable bonds is 5. The van der Waals surface area contributed by atoms with Gasteiger partial charge in [-0.05, 0) is 63.5 Å². The van der Waals surface area contributed by atoms with Crippen molar-refractivity contribution < 1.29 is 32.3 Å². The summed E-state index contributed by atoms with van der Waals surface area (Å²) >= 11 is 6.11. The van der Waals surface area contributed by atoms with Gasteiger partial charge in [-0.15, -0.1) is 5.10 Å². The topological polar surface area (TPSA) is 160 Å². The lowest BCUT2D eigenvalue weighted by molar-refractivity contribution is -0.137. The maximum Gasteiger partial charge on any atom is 0.416 e. The molecule has 7 rings (SSSR count). The zero-order chi connectivity index (χ0) is 37.3. The summed E-state index contributed by atoms with van der Waals surface area (Å²) in [6.45, 7) is 4.64. The molecule has 0 atom stereocenters. The summed E-state index contributed by atoms with van der Waals surface area (Å²) in [6.07, 6.45) is 0.372. The Morgan fingerprint density at radius 1 is 1.06 bits per heavy atom. The summed E-state index contributed by atoms with van der Waals surface area (Å²) in [7, 11) is 0. The number of nitrogens with one attached hydrogen (secondary N) is 1. The minimum absolute atomic E-state index is 0.0275. The maximum atomic E-state index is 15.2. The van der Waals surface area contributed by atoms with Gasteiger partial charge in [-0.1, -0.05) is 17.7 Å². The Morgan fingerprint density at radius 2 is 1.79 bits per heavy atom. The fourth-order valence-electron chi connectivity index (χ4n) is 6.86. The maximum absolute atomic E-state index is 15.2. The fourth-order valence-corrected chi connectivity index (χ4v) is 7.09. The molecule has 0 saturated carbocycles. The molecule has 2 aliphatic rings. The van der Waals surface area contributed by atoms with Crippen LogP contribution in [0.1, 0.15) is 58.5 Å². The number of nitrogens with zero attached hydrogens (tertiary/aromatic N) is 8. The Labute approximate surface area is 296 Å². The second kappa shape index (κ2) is 12.5. The number of aromatic hydroxyl groups is 1. The minimum Gasteiger partial charge on any atom is -0.504 e. The van der Waals surface area contributed by atoms with Gasteiger partial charge in [0, 0.05) is 24.7 Å². The third-order valence-electron chi connectivity index (χ3n) is 9.44. The molecule has 5 heterocycles. The molecule has 268 valence electrons. The normalized spacial score (nSPS) is 15.2. The van der Waals surface area contributed by atoms with Crippen LogP contribution in [-0.2, 0) is 22.9 Å². The van der Waals surface area contributed by atoms with Crippen molar-refractivity contribution >= 4 is 40.5 Å². The van der Waals surface area contributed by atoms with Crippen LogP contribution >= 0.6 is 11.6 Å². The van der Waals surface area contributed by atoms with E-state index >= 15 is 4.39 Å². The molecule has 1 fully saturated rings. The Hall–Kier alpha value is -5.71. The third kappa shape index (κ3) is 5.74. The highest BCUT2D eigenvalue weighted by Crippen LogP contribution is 2.46. The molecule has 2 N–H and O–H groups in total. The van der Waals surface area contributed by atoms with E-state index in [0.29, 0.717) is 17.3 Å². The standard InChI is InChI=1S/C34H28ClF4N9O4/c1-16-13-33(7-10-46(11-8-33)31(52)26-28(50)18(3)41-15-42-26)24-27(16)47(14-23(49)43-22-5-4-19(12-21(22)35)34(37,38)39)32-44-29(45-48(32)30(24)51)20-6-9-40-17(2)25(20)36/h4-6,9,12-13,15,50H,7-8,10-11,14H2,1-3H3,(H,43,49). The number of aromatic nitrogens is 7. The van der Waals surface area contributed by atoms with Gasteiger partial charge in [0.15, 0.2) is 23.1 Å². The van der Waals surface area contributed by atoms with Gasteiger partial charge in [-0.3, -0.25) is 19.4 Å². The first-order chi connectivity index (χ1) is 24.6. The molecule has 5 aromatic rings. The zero-order valence-electron chi connectivity index (χ0n) is 27.7. The largest absolute Gasteiger partial charge is 0.504 e. The Kier molecular flexibility index (Phi) is 8.35. The molecule has 4 aromatic heterocycles. The number of piperidine rings is 1. The minimum atomic E-state index is -4.65. The number of carbonyl (C=O) groups excluding carboxylic acids is 2. The molecule has 2 amide bonds. The molecule has 1 aromatic carbocycles. The first-order valence-electron chi connectivity index (χ1n) is 15.9. The van der Waals surface area contributed by atoms with Crippen LogP contribution in [0.25, 0.3) is 22.7 Å². The predicted octanol–water partition coefficient (Wildman–Crippen LogP) is 5.11. The molecule has 18 heteroatoms. The van der Waals surface area contributed by atoms with Crippen LogP contribution < -0.4 is 10.9 Å². The van der Waals surface area contributed by atoms with Crippen molar-refractivity contribution in [1.29, 1.82) is 0 Å². The van der Waals surface area contributed by atoms with Crippen LogP contribution in [-0.4, -0.2) is 69.0 Å². The van der Waals surface area contributed by atoms with Gasteiger partial charge in [0.2, 0.25) is 11.7 Å². The van der Waals surface area contributed by atoms with Gasteiger partial charge < -0.3 is 19.9 Å². The molecule has 1 saturated heterocycles. The number of pyridine rings is 1. The van der Waals surface area contributed by atoms with Gasteiger partial charge in [-0.25, -0.2) is 14.4 Å². The van der Waals surface area contributed by atoms with E-state index in [4.69, 9.17) is 11.6 Å². The van der Waals surface area contributed by atoms with Crippen LogP contribution in [0, 0.1) is 19.7 Å². The molecule has 52 heavy (non-hydrogen) atoms. The highest BCUT2D eigenvalue weighted by Gasteiger charge is 2.45. The third-order valence-corrected chi connectivity index (χ3v) is 9.75. The number of hydrogen-bond donors (Lipinski definition) is 2. The van der Waals surface area contributed by atoms with E-state index in [1.807, 2.05) is 6.08 Å². The van der Waals surface area contributed by atoms with Crippen LogP contribution in [0.3, 0.4) is 0 Å². The van der Waals surface area contributed by atoms with E-state index in [0.717, 1.165) is 16.6 Å². The van der Waals surface area contributed by atoms with Crippen molar-refractivity contribution in [3.63, 3.8) is 0 Å². The number of halogens is 5. The number of likely N-dealkylation sites (tertiary alicyclic amines) is 1. The first-order valence-corrected chi connectivity index (χ1v) is 16.3. The average molecular weight is 738 g/mol. The lowest BCUT2D eigenvalue weighted by Gasteiger charge is -2.38. The highest BCUT2D eigenvalue weighted by atomic mass is 35.5. The van der Waals surface area contributed by atoms with Gasteiger partial charge >= 0.3 is 6.18 Å². The number of hydrogen-bond acceptors (Lipinski definition) is 9. The summed E-state index contributed by atoms with van der Waals surface area (Å²) in [6, 6.07) is 3.88. The van der Waals surface area contributed by atoms with E-state index in [-0.39, 0.29) is 82.2 Å². The van der Waals surface area contributed by atoms with E-state index in [1.54, 1.807) is 13.8 Å². The fraction of sp³-hybridized carbons (Fsp3) is 0.294. The number of amides is 2. The molecular formula is C34H28ClF4N9O4. The summed E-state index contributed by atoms with van der Waals surface area (Å²) in [5, 5.41) is 17.0. The van der Waals surface area contributed by atoms with Crippen molar-refractivity contribution in [3.8, 4) is 17.1 Å². The van der Waals surface area contributed by atoms with Gasteiger partial charge in [0.25, 0.3) is 11.5 Å². The van der Waals surface area contributed by atoms with Crippen molar-refractivity contribution in [2.75, 3.05) is 18.4 Å². The van der Waals surface area contributed by atoms with Gasteiger partial charge in [-0.2, -0.15) is 22.7 Å². The van der Waals surface area contributed by atoms with Crippen molar-refractivity contribution in [3.05, 3.63) is 98.0 Å². The number of aryl methyl sites for hydroxylation is 2. The molecule has 1 aliphatic carbocycles. The summed E-state index contributed by atoms with van der Waals surface area (Å²) in [5.74, 6) is -2.46. The molecule has 0 bridgehead atoms.